The molecule has 5 heteroatoms. The number of imidazole rings is 1. The van der Waals surface area contributed by atoms with Crippen LogP contribution in [0.1, 0.15) is 25.6 Å². The molecule has 0 radical (unpaired) electrons. The molecule has 19 heavy (non-hydrogen) atoms. The van der Waals surface area contributed by atoms with Gasteiger partial charge in [0, 0.05) is 57.9 Å². The zero-order valence-electron chi connectivity index (χ0n) is 11.8. The van der Waals surface area contributed by atoms with Crippen LogP contribution in [0.4, 0.5) is 0 Å². The SMILES string of the molecule is CCc1nccn1CCC(=O)N(C)C[C@H]1CCOC1. The lowest BCUT2D eigenvalue weighted by Crippen LogP contribution is -2.32. The summed E-state index contributed by atoms with van der Waals surface area (Å²) in [4.78, 5) is 18.2. The highest BCUT2D eigenvalue weighted by Crippen LogP contribution is 2.13. The maximum absolute atomic E-state index is 12.1. The highest BCUT2D eigenvalue weighted by atomic mass is 16.5. The van der Waals surface area contributed by atoms with Crippen LogP contribution in [-0.2, 0) is 22.5 Å². The van der Waals surface area contributed by atoms with E-state index in [1.54, 1.807) is 6.20 Å². The molecule has 1 atom stereocenters. The minimum Gasteiger partial charge on any atom is -0.381 e. The largest absolute Gasteiger partial charge is 0.381 e. The van der Waals surface area contributed by atoms with Crippen LogP contribution in [0.25, 0.3) is 0 Å². The van der Waals surface area contributed by atoms with E-state index in [9.17, 15) is 4.79 Å². The number of aryl methyl sites for hydroxylation is 2. The summed E-state index contributed by atoms with van der Waals surface area (Å²) in [6, 6.07) is 0. The molecule has 0 saturated carbocycles. The molecule has 0 aliphatic carbocycles. The molecule has 1 amide bonds. The van der Waals surface area contributed by atoms with E-state index in [1.807, 2.05) is 18.1 Å². The Balaban J connectivity index is 1.77. The van der Waals surface area contributed by atoms with Gasteiger partial charge in [0.1, 0.15) is 5.82 Å². The fourth-order valence-electron chi connectivity index (χ4n) is 2.48. The lowest BCUT2D eigenvalue weighted by atomic mass is 10.1. The van der Waals surface area contributed by atoms with E-state index in [0.717, 1.165) is 38.4 Å². The molecular formula is C14H23N3O2. The maximum atomic E-state index is 12.1. The van der Waals surface area contributed by atoms with Crippen molar-refractivity contribution in [2.45, 2.75) is 32.7 Å². The normalized spacial score (nSPS) is 18.7. The number of hydrogen-bond acceptors (Lipinski definition) is 3. The Morgan fingerprint density at radius 3 is 3.16 bits per heavy atom. The zero-order valence-corrected chi connectivity index (χ0v) is 11.8. The lowest BCUT2D eigenvalue weighted by Gasteiger charge is -2.20. The van der Waals surface area contributed by atoms with Crippen LogP contribution in [0.3, 0.4) is 0 Å². The van der Waals surface area contributed by atoms with Crippen molar-refractivity contribution < 1.29 is 9.53 Å². The Morgan fingerprint density at radius 2 is 2.47 bits per heavy atom. The molecule has 0 spiro atoms. The van der Waals surface area contributed by atoms with Crippen LogP contribution in [0.5, 0.6) is 0 Å². The predicted octanol–water partition coefficient (Wildman–Crippen LogP) is 1.33. The number of hydrogen-bond donors (Lipinski definition) is 0. The van der Waals surface area contributed by atoms with Crippen LogP contribution in [0.2, 0.25) is 0 Å². The van der Waals surface area contributed by atoms with E-state index in [4.69, 9.17) is 4.74 Å². The van der Waals surface area contributed by atoms with Crippen molar-refractivity contribution in [1.82, 2.24) is 14.5 Å². The van der Waals surface area contributed by atoms with E-state index in [-0.39, 0.29) is 5.91 Å². The number of ether oxygens (including phenoxy) is 1. The molecule has 1 saturated heterocycles. The molecule has 2 rings (SSSR count). The standard InChI is InChI=1S/C14H23N3O2/c1-3-13-15-6-8-17(13)7-4-14(18)16(2)10-12-5-9-19-11-12/h6,8,12H,3-5,7,9-11H2,1-2H3/t12-/m1/s1. The third-order valence-corrected chi connectivity index (χ3v) is 3.67. The van der Waals surface area contributed by atoms with Crippen molar-refractivity contribution in [1.29, 1.82) is 0 Å². The summed E-state index contributed by atoms with van der Waals surface area (Å²) in [5.74, 6) is 1.75. The van der Waals surface area contributed by atoms with Gasteiger partial charge in [-0.3, -0.25) is 4.79 Å². The Kier molecular flexibility index (Phi) is 4.96. The summed E-state index contributed by atoms with van der Waals surface area (Å²) in [5, 5.41) is 0. The molecule has 5 nitrogen and oxygen atoms in total. The van der Waals surface area contributed by atoms with Crippen molar-refractivity contribution in [3.63, 3.8) is 0 Å². The number of nitrogens with zero attached hydrogens (tertiary/aromatic N) is 3. The number of carbonyl (C=O) groups is 1. The molecule has 1 fully saturated rings. The van der Waals surface area contributed by atoms with Gasteiger partial charge in [-0.1, -0.05) is 6.92 Å². The summed E-state index contributed by atoms with van der Waals surface area (Å²) in [7, 11) is 1.88. The summed E-state index contributed by atoms with van der Waals surface area (Å²) >= 11 is 0. The number of aromatic nitrogens is 2. The average Bonchev–Trinajstić information content (AvgIpc) is 3.06. The number of amides is 1. The molecule has 0 N–H and O–H groups in total. The van der Waals surface area contributed by atoms with Crippen molar-refractivity contribution in [3.8, 4) is 0 Å². The van der Waals surface area contributed by atoms with Gasteiger partial charge >= 0.3 is 0 Å². The van der Waals surface area contributed by atoms with Gasteiger partial charge < -0.3 is 14.2 Å². The van der Waals surface area contributed by atoms with E-state index in [0.29, 0.717) is 18.9 Å². The summed E-state index contributed by atoms with van der Waals surface area (Å²) < 4.78 is 7.40. The van der Waals surface area contributed by atoms with Gasteiger partial charge in [-0.25, -0.2) is 4.98 Å². The number of carbonyl (C=O) groups excluding carboxylic acids is 1. The third kappa shape index (κ3) is 3.80. The second-order valence-electron chi connectivity index (χ2n) is 5.14. The highest BCUT2D eigenvalue weighted by Gasteiger charge is 2.19. The molecule has 1 aliphatic rings. The predicted molar refractivity (Wildman–Crippen MR) is 72.8 cm³/mol. The number of rotatable bonds is 6. The molecule has 1 aromatic heterocycles. The second-order valence-corrected chi connectivity index (χ2v) is 5.14. The van der Waals surface area contributed by atoms with E-state index >= 15 is 0 Å². The lowest BCUT2D eigenvalue weighted by molar-refractivity contribution is -0.130. The van der Waals surface area contributed by atoms with Gasteiger partial charge in [0.25, 0.3) is 0 Å². The van der Waals surface area contributed by atoms with Crippen LogP contribution >= 0.6 is 0 Å². The molecule has 0 unspecified atom stereocenters. The first-order valence-electron chi connectivity index (χ1n) is 7.02. The molecular weight excluding hydrogens is 242 g/mol. The Morgan fingerprint density at radius 1 is 1.63 bits per heavy atom. The zero-order chi connectivity index (χ0) is 13.7. The minimum atomic E-state index is 0.197. The van der Waals surface area contributed by atoms with Gasteiger partial charge in [-0.15, -0.1) is 0 Å². The summed E-state index contributed by atoms with van der Waals surface area (Å²) in [6.45, 7) is 5.23. The smallest absolute Gasteiger partial charge is 0.224 e. The fraction of sp³-hybridized carbons (Fsp3) is 0.714. The monoisotopic (exact) mass is 265 g/mol. The third-order valence-electron chi connectivity index (χ3n) is 3.67. The first-order valence-corrected chi connectivity index (χ1v) is 7.02. The minimum absolute atomic E-state index is 0.197. The van der Waals surface area contributed by atoms with E-state index in [1.165, 1.54) is 0 Å². The topological polar surface area (TPSA) is 47.4 Å². The first-order chi connectivity index (χ1) is 9.20. The average molecular weight is 265 g/mol. The summed E-state index contributed by atoms with van der Waals surface area (Å²) in [5.41, 5.74) is 0. The Labute approximate surface area is 114 Å². The molecule has 1 aromatic rings. The maximum Gasteiger partial charge on any atom is 0.224 e. The van der Waals surface area contributed by atoms with Crippen molar-refractivity contribution in [2.24, 2.45) is 5.92 Å². The van der Waals surface area contributed by atoms with Crippen LogP contribution in [-0.4, -0.2) is 47.2 Å². The van der Waals surface area contributed by atoms with Gasteiger partial charge in [-0.05, 0) is 6.42 Å². The Bertz CT molecular complexity index is 411. The van der Waals surface area contributed by atoms with Gasteiger partial charge in [0.2, 0.25) is 5.91 Å². The van der Waals surface area contributed by atoms with Gasteiger partial charge in [0.15, 0.2) is 0 Å². The Hall–Kier alpha value is -1.36. The van der Waals surface area contributed by atoms with E-state index in [2.05, 4.69) is 16.5 Å². The molecule has 106 valence electrons. The first kappa shape index (κ1) is 14.1. The van der Waals surface area contributed by atoms with Crippen molar-refractivity contribution in [2.75, 3.05) is 26.8 Å². The summed E-state index contributed by atoms with van der Waals surface area (Å²) in [6.07, 6.45) is 6.24. The van der Waals surface area contributed by atoms with Crippen molar-refractivity contribution >= 4 is 5.91 Å². The van der Waals surface area contributed by atoms with Crippen LogP contribution < -0.4 is 0 Å². The van der Waals surface area contributed by atoms with E-state index < -0.39 is 0 Å². The van der Waals surface area contributed by atoms with Gasteiger partial charge in [0.05, 0.1) is 6.61 Å². The van der Waals surface area contributed by atoms with Gasteiger partial charge in [-0.2, -0.15) is 0 Å². The molecule has 0 bridgehead atoms. The molecule has 1 aliphatic heterocycles. The van der Waals surface area contributed by atoms with Crippen molar-refractivity contribution in [3.05, 3.63) is 18.2 Å². The highest BCUT2D eigenvalue weighted by molar-refractivity contribution is 5.75. The van der Waals surface area contributed by atoms with Crippen LogP contribution in [0.15, 0.2) is 12.4 Å². The fourth-order valence-corrected chi connectivity index (χ4v) is 2.48. The van der Waals surface area contributed by atoms with Crippen LogP contribution in [0, 0.1) is 5.92 Å². The quantitative estimate of drug-likeness (QED) is 0.779. The molecule has 0 aromatic carbocycles. The molecule has 2 heterocycles. The second kappa shape index (κ2) is 6.70.